The van der Waals surface area contributed by atoms with Crippen molar-refractivity contribution in [3.8, 4) is 5.75 Å². The third-order valence-corrected chi connectivity index (χ3v) is 4.15. The first-order valence-corrected chi connectivity index (χ1v) is 7.93. The van der Waals surface area contributed by atoms with E-state index in [-0.39, 0.29) is 18.6 Å². The quantitative estimate of drug-likeness (QED) is 0.873. The summed E-state index contributed by atoms with van der Waals surface area (Å²) in [6.07, 6.45) is 1.58. The summed E-state index contributed by atoms with van der Waals surface area (Å²) in [6, 6.07) is 5.60. The van der Waals surface area contributed by atoms with Crippen molar-refractivity contribution in [1.82, 2.24) is 10.2 Å². The number of nitrogens with one attached hydrogen (secondary N) is 1. The van der Waals surface area contributed by atoms with Crippen molar-refractivity contribution < 1.29 is 19.4 Å². The Morgan fingerprint density at radius 1 is 1.48 bits per heavy atom. The van der Waals surface area contributed by atoms with Gasteiger partial charge in [-0.1, -0.05) is 32.0 Å². The summed E-state index contributed by atoms with van der Waals surface area (Å²) >= 11 is 0. The molecule has 1 aliphatic heterocycles. The molecule has 1 aromatic rings. The highest BCUT2D eigenvalue weighted by Crippen LogP contribution is 2.35. The van der Waals surface area contributed by atoms with Gasteiger partial charge in [-0.2, -0.15) is 0 Å². The number of hydrogen-bond donors (Lipinski definition) is 2. The molecule has 0 radical (unpaired) electrons. The summed E-state index contributed by atoms with van der Waals surface area (Å²) < 4.78 is 5.77. The molecular weight excluding hydrogens is 296 g/mol. The van der Waals surface area contributed by atoms with Crippen LogP contribution in [-0.4, -0.2) is 42.2 Å². The Labute approximate surface area is 136 Å². The number of urea groups is 1. The van der Waals surface area contributed by atoms with Gasteiger partial charge in [-0.3, -0.25) is 4.79 Å². The van der Waals surface area contributed by atoms with E-state index in [4.69, 9.17) is 9.84 Å². The largest absolute Gasteiger partial charge is 0.493 e. The number of nitrogens with zero attached hydrogens (tertiary/aromatic N) is 1. The van der Waals surface area contributed by atoms with E-state index in [1.165, 1.54) is 4.90 Å². The number of hydrogen-bond acceptors (Lipinski definition) is 3. The van der Waals surface area contributed by atoms with Gasteiger partial charge in [0.15, 0.2) is 0 Å². The monoisotopic (exact) mass is 320 g/mol. The molecule has 2 N–H and O–H groups in total. The van der Waals surface area contributed by atoms with E-state index in [1.54, 1.807) is 14.0 Å². The lowest BCUT2D eigenvalue weighted by Gasteiger charge is -2.30. The molecule has 0 aromatic heterocycles. The van der Waals surface area contributed by atoms with Crippen molar-refractivity contribution in [2.45, 2.75) is 32.7 Å². The first-order valence-electron chi connectivity index (χ1n) is 7.93. The molecular formula is C17H24N2O4. The van der Waals surface area contributed by atoms with E-state index in [1.807, 2.05) is 18.2 Å². The number of amides is 2. The molecule has 0 saturated carbocycles. The zero-order valence-corrected chi connectivity index (χ0v) is 13.8. The van der Waals surface area contributed by atoms with Gasteiger partial charge in [0.25, 0.3) is 0 Å². The van der Waals surface area contributed by atoms with Crippen LogP contribution in [0.4, 0.5) is 4.79 Å². The molecule has 6 heteroatoms. The van der Waals surface area contributed by atoms with Crippen LogP contribution in [0.5, 0.6) is 5.75 Å². The Kier molecular flexibility index (Phi) is 5.47. The predicted molar refractivity (Wildman–Crippen MR) is 86.6 cm³/mol. The van der Waals surface area contributed by atoms with Crippen LogP contribution in [0.1, 0.15) is 37.4 Å². The number of rotatable bonds is 5. The number of aryl methyl sites for hydroxylation is 1. The summed E-state index contributed by atoms with van der Waals surface area (Å²) in [7, 11) is 1.61. The molecule has 0 spiro atoms. The number of carbonyl (C=O) groups is 2. The Morgan fingerprint density at radius 3 is 2.87 bits per heavy atom. The third-order valence-electron chi connectivity index (χ3n) is 4.15. The first-order chi connectivity index (χ1) is 10.9. The number of carbonyl (C=O) groups excluding carboxylic acids is 1. The van der Waals surface area contributed by atoms with Gasteiger partial charge in [0.2, 0.25) is 0 Å². The molecule has 2 amide bonds. The summed E-state index contributed by atoms with van der Waals surface area (Å²) in [5.74, 6) is -0.638. The minimum Gasteiger partial charge on any atom is -0.493 e. The third kappa shape index (κ3) is 3.94. The van der Waals surface area contributed by atoms with E-state index in [0.717, 1.165) is 23.3 Å². The predicted octanol–water partition coefficient (Wildman–Crippen LogP) is 2.43. The van der Waals surface area contributed by atoms with Gasteiger partial charge in [0.05, 0.1) is 18.6 Å². The molecule has 1 aromatic carbocycles. The normalized spacial score (nSPS) is 17.6. The van der Waals surface area contributed by atoms with E-state index in [9.17, 15) is 9.59 Å². The second kappa shape index (κ2) is 7.35. The molecule has 2 unspecified atom stereocenters. The Balaban J connectivity index is 2.07. The van der Waals surface area contributed by atoms with E-state index < -0.39 is 11.9 Å². The van der Waals surface area contributed by atoms with Crippen molar-refractivity contribution in [3.63, 3.8) is 0 Å². The van der Waals surface area contributed by atoms with Crippen LogP contribution >= 0.6 is 0 Å². The zero-order chi connectivity index (χ0) is 17.0. The number of fused-ring (bicyclic) bond motifs is 1. The first kappa shape index (κ1) is 17.1. The molecule has 23 heavy (non-hydrogen) atoms. The second-order valence-corrected chi connectivity index (χ2v) is 5.95. The Hall–Kier alpha value is -2.24. The number of carboxylic acids is 1. The lowest BCUT2D eigenvalue weighted by Crippen LogP contribution is -2.43. The number of para-hydroxylation sites is 1. The number of benzene rings is 1. The average Bonchev–Trinajstić information content (AvgIpc) is 2.54. The highest BCUT2D eigenvalue weighted by Gasteiger charge is 2.26. The van der Waals surface area contributed by atoms with Crippen LogP contribution in [0.15, 0.2) is 18.2 Å². The maximum Gasteiger partial charge on any atom is 0.317 e. The molecule has 6 nitrogen and oxygen atoms in total. The zero-order valence-electron chi connectivity index (χ0n) is 13.8. The molecule has 0 fully saturated rings. The van der Waals surface area contributed by atoms with Crippen molar-refractivity contribution in [2.24, 2.45) is 5.92 Å². The summed E-state index contributed by atoms with van der Waals surface area (Å²) in [4.78, 5) is 24.6. The second-order valence-electron chi connectivity index (χ2n) is 5.95. The maximum atomic E-state index is 12.3. The number of aliphatic carboxylic acids is 1. The van der Waals surface area contributed by atoms with Gasteiger partial charge in [0, 0.05) is 25.6 Å². The lowest BCUT2D eigenvalue weighted by atomic mass is 9.97. The van der Waals surface area contributed by atoms with Crippen molar-refractivity contribution >= 4 is 12.0 Å². The van der Waals surface area contributed by atoms with Crippen molar-refractivity contribution in [2.75, 3.05) is 20.2 Å². The fourth-order valence-electron chi connectivity index (χ4n) is 2.75. The summed E-state index contributed by atoms with van der Waals surface area (Å²) in [6.45, 7) is 4.39. The standard InChI is InChI=1S/C17H24N2O4/c1-4-12-6-5-7-13-14(8-9-23-15(12)13)18-17(22)19(3)10-11(2)16(20)21/h5-7,11,14H,4,8-10H2,1-3H3,(H,18,22)(H,20,21). The SMILES string of the molecule is CCc1cccc2c1OCCC2NC(=O)N(C)CC(C)C(=O)O. The fourth-order valence-corrected chi connectivity index (χ4v) is 2.75. The van der Waals surface area contributed by atoms with Crippen molar-refractivity contribution in [1.29, 1.82) is 0 Å². The van der Waals surface area contributed by atoms with Crippen LogP contribution in [0.2, 0.25) is 0 Å². The van der Waals surface area contributed by atoms with Gasteiger partial charge in [-0.25, -0.2) is 4.79 Å². The van der Waals surface area contributed by atoms with Crippen LogP contribution in [0, 0.1) is 5.92 Å². The molecule has 2 atom stereocenters. The van der Waals surface area contributed by atoms with E-state index in [2.05, 4.69) is 12.2 Å². The molecule has 126 valence electrons. The van der Waals surface area contributed by atoms with Gasteiger partial charge < -0.3 is 20.1 Å². The number of carboxylic acid groups (broad SMARTS) is 1. The highest BCUT2D eigenvalue weighted by atomic mass is 16.5. The van der Waals surface area contributed by atoms with Gasteiger partial charge in [0.1, 0.15) is 5.75 Å². The van der Waals surface area contributed by atoms with Crippen molar-refractivity contribution in [3.05, 3.63) is 29.3 Å². The van der Waals surface area contributed by atoms with Crippen LogP contribution in [0.3, 0.4) is 0 Å². The highest BCUT2D eigenvalue weighted by molar-refractivity contribution is 5.76. The average molecular weight is 320 g/mol. The smallest absolute Gasteiger partial charge is 0.317 e. The molecule has 0 saturated heterocycles. The molecule has 2 rings (SSSR count). The van der Waals surface area contributed by atoms with Gasteiger partial charge in [-0.15, -0.1) is 0 Å². The van der Waals surface area contributed by atoms with E-state index >= 15 is 0 Å². The Morgan fingerprint density at radius 2 is 2.22 bits per heavy atom. The molecule has 1 aliphatic rings. The molecule has 0 aliphatic carbocycles. The Bertz CT molecular complexity index is 588. The van der Waals surface area contributed by atoms with Gasteiger partial charge >= 0.3 is 12.0 Å². The minimum absolute atomic E-state index is 0.111. The number of ether oxygens (including phenoxy) is 1. The van der Waals surface area contributed by atoms with E-state index in [0.29, 0.717) is 13.0 Å². The van der Waals surface area contributed by atoms with Crippen LogP contribution in [0.25, 0.3) is 0 Å². The lowest BCUT2D eigenvalue weighted by molar-refractivity contribution is -0.141. The molecule has 0 bridgehead atoms. The fraction of sp³-hybridized carbons (Fsp3) is 0.529. The molecule has 1 heterocycles. The van der Waals surface area contributed by atoms with Crippen LogP contribution < -0.4 is 10.1 Å². The minimum atomic E-state index is -0.909. The summed E-state index contributed by atoms with van der Waals surface area (Å²) in [5.41, 5.74) is 2.12. The topological polar surface area (TPSA) is 78.9 Å². The van der Waals surface area contributed by atoms with Crippen LogP contribution in [-0.2, 0) is 11.2 Å². The maximum absolute atomic E-state index is 12.3. The van der Waals surface area contributed by atoms with Gasteiger partial charge in [-0.05, 0) is 12.0 Å². The summed E-state index contributed by atoms with van der Waals surface area (Å²) in [5, 5.41) is 11.9.